The number of halogens is 1. The first-order valence-corrected chi connectivity index (χ1v) is 6.25. The largest absolute Gasteiger partial charge is 0.348 e. The maximum atomic E-state index is 11.9. The van der Waals surface area contributed by atoms with E-state index >= 15 is 0 Å². The summed E-state index contributed by atoms with van der Waals surface area (Å²) in [4.78, 5) is 19.7. The monoisotopic (exact) mass is 255 g/mol. The molecule has 0 saturated heterocycles. The normalized spacial score (nSPS) is 12.5. The molecule has 1 aromatic rings. The van der Waals surface area contributed by atoms with Crippen LogP contribution in [0.4, 0.5) is 0 Å². The van der Waals surface area contributed by atoms with E-state index in [1.807, 2.05) is 6.92 Å². The minimum atomic E-state index is -0.262. The molecule has 0 radical (unpaired) electrons. The Bertz CT molecular complexity index is 380. The van der Waals surface area contributed by atoms with Crippen molar-refractivity contribution in [1.82, 2.24) is 15.3 Å². The number of carbonyl (C=O) groups is 1. The molecule has 0 aliphatic carbocycles. The molecule has 1 rings (SSSR count). The summed E-state index contributed by atoms with van der Waals surface area (Å²) in [5.74, 6) is 0.205. The van der Waals surface area contributed by atoms with Crippen molar-refractivity contribution in [3.63, 3.8) is 0 Å². The van der Waals surface area contributed by atoms with Gasteiger partial charge in [-0.05, 0) is 12.8 Å². The van der Waals surface area contributed by atoms with E-state index in [1.165, 1.54) is 12.4 Å². The third kappa shape index (κ3) is 3.66. The first-order valence-electron chi connectivity index (χ1n) is 5.87. The van der Waals surface area contributed by atoms with Crippen LogP contribution in [0.3, 0.4) is 0 Å². The van der Waals surface area contributed by atoms with Crippen molar-refractivity contribution in [2.24, 2.45) is 5.92 Å². The number of aromatic nitrogens is 2. The molecule has 4 nitrogen and oxygen atoms in total. The average Bonchev–Trinajstić information content (AvgIpc) is 2.31. The van der Waals surface area contributed by atoms with E-state index in [0.29, 0.717) is 5.92 Å². The summed E-state index contributed by atoms with van der Waals surface area (Å²) >= 11 is 5.82. The van der Waals surface area contributed by atoms with Crippen molar-refractivity contribution in [3.05, 3.63) is 23.2 Å². The van der Waals surface area contributed by atoms with E-state index in [2.05, 4.69) is 29.1 Å². The van der Waals surface area contributed by atoms with E-state index in [0.717, 1.165) is 12.8 Å². The molecule has 17 heavy (non-hydrogen) atoms. The minimum absolute atomic E-state index is 0.107. The van der Waals surface area contributed by atoms with Crippen LogP contribution in [0.15, 0.2) is 12.4 Å². The summed E-state index contributed by atoms with van der Waals surface area (Å²) in [7, 11) is 0. The van der Waals surface area contributed by atoms with Crippen LogP contribution in [-0.4, -0.2) is 21.9 Å². The van der Waals surface area contributed by atoms with E-state index in [1.54, 1.807) is 0 Å². The van der Waals surface area contributed by atoms with Gasteiger partial charge in [0.2, 0.25) is 0 Å². The maximum Gasteiger partial charge on any atom is 0.273 e. The SMILES string of the molecule is CCC(CC)C(C)NC(=O)c1nccnc1Cl. The zero-order valence-electron chi connectivity index (χ0n) is 10.4. The second kappa shape index (κ2) is 6.55. The van der Waals surface area contributed by atoms with Crippen LogP contribution in [0, 0.1) is 5.92 Å². The van der Waals surface area contributed by atoms with Crippen LogP contribution < -0.4 is 5.32 Å². The summed E-state index contributed by atoms with van der Waals surface area (Å²) in [6, 6.07) is 0.107. The number of hydrogen-bond donors (Lipinski definition) is 1. The Morgan fingerprint density at radius 2 is 1.94 bits per heavy atom. The molecule has 94 valence electrons. The zero-order chi connectivity index (χ0) is 12.8. The first-order chi connectivity index (χ1) is 8.10. The fraction of sp³-hybridized carbons (Fsp3) is 0.583. The van der Waals surface area contributed by atoms with Gasteiger partial charge in [0.1, 0.15) is 0 Å². The number of nitrogens with one attached hydrogen (secondary N) is 1. The Kier molecular flexibility index (Phi) is 5.35. The predicted molar refractivity (Wildman–Crippen MR) is 68.0 cm³/mol. The van der Waals surface area contributed by atoms with Crippen molar-refractivity contribution in [3.8, 4) is 0 Å². The highest BCUT2D eigenvalue weighted by molar-refractivity contribution is 6.32. The third-order valence-corrected chi connectivity index (χ3v) is 3.26. The van der Waals surface area contributed by atoms with Gasteiger partial charge in [-0.15, -0.1) is 0 Å². The standard InChI is InChI=1S/C12H18ClN3O/c1-4-9(5-2)8(3)16-12(17)10-11(13)15-7-6-14-10/h6-9H,4-5H2,1-3H3,(H,16,17). The van der Waals surface area contributed by atoms with Crippen molar-refractivity contribution in [2.45, 2.75) is 39.7 Å². The smallest absolute Gasteiger partial charge is 0.273 e. The molecule has 1 amide bonds. The van der Waals surface area contributed by atoms with Gasteiger partial charge < -0.3 is 5.32 Å². The van der Waals surface area contributed by atoms with Crippen molar-refractivity contribution >= 4 is 17.5 Å². The van der Waals surface area contributed by atoms with Crippen molar-refractivity contribution in [1.29, 1.82) is 0 Å². The summed E-state index contributed by atoms with van der Waals surface area (Å²) in [5.41, 5.74) is 0.187. The predicted octanol–water partition coefficient (Wildman–Crippen LogP) is 2.68. The van der Waals surface area contributed by atoms with Gasteiger partial charge in [-0.3, -0.25) is 4.79 Å². The fourth-order valence-electron chi connectivity index (χ4n) is 1.86. The lowest BCUT2D eigenvalue weighted by atomic mass is 9.95. The lowest BCUT2D eigenvalue weighted by Gasteiger charge is -2.22. The molecule has 0 aliphatic rings. The van der Waals surface area contributed by atoms with Gasteiger partial charge >= 0.3 is 0 Å². The van der Waals surface area contributed by atoms with Crippen LogP contribution in [-0.2, 0) is 0 Å². The number of carbonyl (C=O) groups excluding carboxylic acids is 1. The topological polar surface area (TPSA) is 54.9 Å². The maximum absolute atomic E-state index is 11.9. The van der Waals surface area contributed by atoms with E-state index in [9.17, 15) is 4.79 Å². The molecular weight excluding hydrogens is 238 g/mol. The van der Waals surface area contributed by atoms with Gasteiger partial charge in [0.05, 0.1) is 0 Å². The second-order valence-electron chi connectivity index (χ2n) is 4.03. The van der Waals surface area contributed by atoms with Crippen LogP contribution in [0.1, 0.15) is 44.1 Å². The van der Waals surface area contributed by atoms with Crippen molar-refractivity contribution in [2.75, 3.05) is 0 Å². The van der Waals surface area contributed by atoms with Gasteiger partial charge in [-0.2, -0.15) is 0 Å². The van der Waals surface area contributed by atoms with E-state index < -0.39 is 0 Å². The highest BCUT2D eigenvalue weighted by Gasteiger charge is 2.19. The fourth-order valence-corrected chi connectivity index (χ4v) is 2.05. The average molecular weight is 256 g/mol. The second-order valence-corrected chi connectivity index (χ2v) is 4.39. The molecule has 1 aromatic heterocycles. The van der Waals surface area contributed by atoms with Crippen molar-refractivity contribution < 1.29 is 4.79 Å². The highest BCUT2D eigenvalue weighted by Crippen LogP contribution is 2.14. The van der Waals surface area contributed by atoms with Crippen LogP contribution in [0.25, 0.3) is 0 Å². The Balaban J connectivity index is 2.70. The molecular formula is C12H18ClN3O. The summed E-state index contributed by atoms with van der Waals surface area (Å²) in [5, 5.41) is 3.05. The molecule has 0 aliphatic heterocycles. The highest BCUT2D eigenvalue weighted by atomic mass is 35.5. The Morgan fingerprint density at radius 3 is 2.47 bits per heavy atom. The molecule has 0 aromatic carbocycles. The molecule has 1 atom stereocenters. The summed E-state index contributed by atoms with van der Waals surface area (Å²) in [6.45, 7) is 6.23. The Hall–Kier alpha value is -1.16. The summed E-state index contributed by atoms with van der Waals surface area (Å²) < 4.78 is 0. The van der Waals surface area contributed by atoms with Gasteiger partial charge in [-0.25, -0.2) is 9.97 Å². The lowest BCUT2D eigenvalue weighted by molar-refractivity contribution is 0.0920. The van der Waals surface area contributed by atoms with Gasteiger partial charge in [-0.1, -0.05) is 38.3 Å². The quantitative estimate of drug-likeness (QED) is 0.880. The van der Waals surface area contributed by atoms with Gasteiger partial charge in [0, 0.05) is 18.4 Å². The summed E-state index contributed by atoms with van der Waals surface area (Å²) in [6.07, 6.45) is 4.99. The number of hydrogen-bond acceptors (Lipinski definition) is 3. The Labute approximate surface area is 107 Å². The third-order valence-electron chi connectivity index (χ3n) is 2.98. The molecule has 0 saturated carbocycles. The van der Waals surface area contributed by atoms with Gasteiger partial charge in [0.25, 0.3) is 5.91 Å². The molecule has 0 fully saturated rings. The molecule has 1 N–H and O–H groups in total. The van der Waals surface area contributed by atoms with Crippen LogP contribution in [0.5, 0.6) is 0 Å². The first kappa shape index (κ1) is 13.9. The van der Waals surface area contributed by atoms with Crippen LogP contribution >= 0.6 is 11.6 Å². The minimum Gasteiger partial charge on any atom is -0.348 e. The van der Waals surface area contributed by atoms with Gasteiger partial charge in [0.15, 0.2) is 10.8 Å². The molecule has 1 heterocycles. The van der Waals surface area contributed by atoms with E-state index in [4.69, 9.17) is 11.6 Å². The number of amides is 1. The molecule has 1 unspecified atom stereocenters. The number of nitrogens with zero attached hydrogens (tertiary/aromatic N) is 2. The molecule has 0 bridgehead atoms. The molecule has 5 heteroatoms. The Morgan fingerprint density at radius 1 is 1.35 bits per heavy atom. The van der Waals surface area contributed by atoms with Crippen LogP contribution in [0.2, 0.25) is 5.15 Å². The molecule has 0 spiro atoms. The lowest BCUT2D eigenvalue weighted by Crippen LogP contribution is -2.38. The zero-order valence-corrected chi connectivity index (χ0v) is 11.2. The number of rotatable bonds is 5. The van der Waals surface area contributed by atoms with E-state index in [-0.39, 0.29) is 22.8 Å².